The lowest BCUT2D eigenvalue weighted by molar-refractivity contribution is 0.411. The SMILES string of the molecule is CCNc1nnc(SCc2cc(C)ccc2OC)s1. The molecule has 1 aromatic carbocycles. The molecule has 2 rings (SSSR count). The molecule has 19 heavy (non-hydrogen) atoms. The lowest BCUT2D eigenvalue weighted by Crippen LogP contribution is -1.94. The van der Waals surface area contributed by atoms with Gasteiger partial charge in [0.05, 0.1) is 7.11 Å². The molecule has 0 saturated carbocycles. The number of methoxy groups -OCH3 is 1. The summed E-state index contributed by atoms with van der Waals surface area (Å²) in [6, 6.07) is 6.22. The van der Waals surface area contributed by atoms with E-state index in [0.29, 0.717) is 0 Å². The topological polar surface area (TPSA) is 47.0 Å². The number of hydrogen-bond acceptors (Lipinski definition) is 6. The highest BCUT2D eigenvalue weighted by atomic mass is 32.2. The summed E-state index contributed by atoms with van der Waals surface area (Å²) in [4.78, 5) is 0. The van der Waals surface area contributed by atoms with Gasteiger partial charge in [0.25, 0.3) is 0 Å². The van der Waals surface area contributed by atoms with E-state index in [4.69, 9.17) is 4.74 Å². The lowest BCUT2D eigenvalue weighted by Gasteiger charge is -2.08. The zero-order valence-corrected chi connectivity index (χ0v) is 12.9. The van der Waals surface area contributed by atoms with Crippen molar-refractivity contribution >= 4 is 28.2 Å². The molecule has 1 N–H and O–H groups in total. The standard InChI is InChI=1S/C13H17N3OS2/c1-4-14-12-15-16-13(19-12)18-8-10-7-9(2)5-6-11(10)17-3/h5-7H,4,8H2,1-3H3,(H,14,15). The van der Waals surface area contributed by atoms with Gasteiger partial charge in [0.15, 0.2) is 4.34 Å². The Bertz CT molecular complexity index is 542. The second-order valence-electron chi connectivity index (χ2n) is 4.01. The number of thioether (sulfide) groups is 1. The second-order valence-corrected chi connectivity index (χ2v) is 6.21. The van der Waals surface area contributed by atoms with Crippen LogP contribution >= 0.6 is 23.1 Å². The van der Waals surface area contributed by atoms with Crippen molar-refractivity contribution in [2.75, 3.05) is 19.0 Å². The first-order valence-corrected chi connectivity index (χ1v) is 7.86. The van der Waals surface area contributed by atoms with Crippen molar-refractivity contribution < 1.29 is 4.74 Å². The molecule has 4 nitrogen and oxygen atoms in total. The van der Waals surface area contributed by atoms with E-state index in [1.807, 2.05) is 13.0 Å². The number of anilines is 1. The molecule has 0 fully saturated rings. The number of aromatic nitrogens is 2. The molecule has 0 spiro atoms. The third-order valence-corrected chi connectivity index (χ3v) is 4.58. The molecule has 1 aromatic heterocycles. The third-order valence-electron chi connectivity index (χ3n) is 2.52. The van der Waals surface area contributed by atoms with Crippen molar-refractivity contribution in [3.8, 4) is 5.75 Å². The van der Waals surface area contributed by atoms with E-state index in [9.17, 15) is 0 Å². The van der Waals surface area contributed by atoms with E-state index in [2.05, 4.69) is 34.6 Å². The number of benzene rings is 1. The maximum absolute atomic E-state index is 5.37. The Morgan fingerprint density at radius 1 is 1.37 bits per heavy atom. The van der Waals surface area contributed by atoms with Crippen LogP contribution in [0.1, 0.15) is 18.1 Å². The summed E-state index contributed by atoms with van der Waals surface area (Å²) in [5.74, 6) is 1.76. The van der Waals surface area contributed by atoms with Crippen molar-refractivity contribution in [3.05, 3.63) is 29.3 Å². The van der Waals surface area contributed by atoms with E-state index in [1.54, 1.807) is 30.2 Å². The predicted molar refractivity (Wildman–Crippen MR) is 81.4 cm³/mol. The Hall–Kier alpha value is -1.27. The number of rotatable bonds is 6. The normalized spacial score (nSPS) is 10.5. The van der Waals surface area contributed by atoms with Crippen molar-refractivity contribution in [1.29, 1.82) is 0 Å². The summed E-state index contributed by atoms with van der Waals surface area (Å²) in [7, 11) is 1.70. The first-order valence-electron chi connectivity index (χ1n) is 6.06. The van der Waals surface area contributed by atoms with Crippen LogP contribution in [0.3, 0.4) is 0 Å². The maximum Gasteiger partial charge on any atom is 0.206 e. The molecule has 1 heterocycles. The van der Waals surface area contributed by atoms with Crippen LogP contribution in [0, 0.1) is 6.92 Å². The van der Waals surface area contributed by atoms with Crippen LogP contribution in [0.5, 0.6) is 5.75 Å². The molecule has 0 unspecified atom stereocenters. The van der Waals surface area contributed by atoms with Gasteiger partial charge in [0, 0.05) is 17.9 Å². The van der Waals surface area contributed by atoms with Gasteiger partial charge >= 0.3 is 0 Å². The van der Waals surface area contributed by atoms with Crippen molar-refractivity contribution in [1.82, 2.24) is 10.2 Å². The minimum atomic E-state index is 0.839. The van der Waals surface area contributed by atoms with Crippen LogP contribution in [0.4, 0.5) is 5.13 Å². The first kappa shape index (κ1) is 14.1. The molecule has 0 amide bonds. The van der Waals surface area contributed by atoms with E-state index >= 15 is 0 Å². The van der Waals surface area contributed by atoms with E-state index in [-0.39, 0.29) is 0 Å². The van der Waals surface area contributed by atoms with Crippen LogP contribution < -0.4 is 10.1 Å². The molecule has 0 atom stereocenters. The fourth-order valence-electron chi connectivity index (χ4n) is 1.65. The first-order chi connectivity index (χ1) is 9.22. The highest BCUT2D eigenvalue weighted by Gasteiger charge is 2.07. The lowest BCUT2D eigenvalue weighted by atomic mass is 10.1. The van der Waals surface area contributed by atoms with Gasteiger partial charge in [0.2, 0.25) is 5.13 Å². The van der Waals surface area contributed by atoms with Gasteiger partial charge < -0.3 is 10.1 Å². The minimum Gasteiger partial charge on any atom is -0.496 e. The summed E-state index contributed by atoms with van der Waals surface area (Å²) >= 11 is 3.27. The van der Waals surface area contributed by atoms with E-state index in [1.165, 1.54) is 11.1 Å². The monoisotopic (exact) mass is 295 g/mol. The predicted octanol–water partition coefficient (Wildman–Crippen LogP) is 3.58. The molecule has 6 heteroatoms. The van der Waals surface area contributed by atoms with E-state index in [0.717, 1.165) is 27.5 Å². The van der Waals surface area contributed by atoms with Gasteiger partial charge in [-0.1, -0.05) is 40.8 Å². The zero-order chi connectivity index (χ0) is 13.7. The number of hydrogen-bond donors (Lipinski definition) is 1. The van der Waals surface area contributed by atoms with Gasteiger partial charge in [-0.15, -0.1) is 10.2 Å². The Morgan fingerprint density at radius 3 is 2.95 bits per heavy atom. The number of nitrogens with zero attached hydrogens (tertiary/aromatic N) is 2. The summed E-state index contributed by atoms with van der Waals surface area (Å²) in [5, 5.41) is 12.3. The van der Waals surface area contributed by atoms with Gasteiger partial charge in [-0.2, -0.15) is 0 Å². The maximum atomic E-state index is 5.37. The average Bonchev–Trinajstić information content (AvgIpc) is 2.85. The molecule has 0 bridgehead atoms. The number of ether oxygens (including phenoxy) is 1. The summed E-state index contributed by atoms with van der Waals surface area (Å²) in [6.07, 6.45) is 0. The van der Waals surface area contributed by atoms with Crippen molar-refractivity contribution in [2.24, 2.45) is 0 Å². The molecule has 0 saturated heterocycles. The molecule has 0 aliphatic carbocycles. The van der Waals surface area contributed by atoms with Gasteiger partial charge in [-0.25, -0.2) is 0 Å². The molecule has 0 aliphatic rings. The van der Waals surface area contributed by atoms with Crippen LogP contribution in [-0.4, -0.2) is 23.9 Å². The Kier molecular flexibility index (Phi) is 5.04. The van der Waals surface area contributed by atoms with Gasteiger partial charge in [0.1, 0.15) is 5.75 Å². The Labute approximate surface area is 121 Å². The molecule has 2 aromatic rings. The summed E-state index contributed by atoms with van der Waals surface area (Å²) in [6.45, 7) is 5.00. The van der Waals surface area contributed by atoms with Crippen molar-refractivity contribution in [3.63, 3.8) is 0 Å². The molecule has 102 valence electrons. The van der Waals surface area contributed by atoms with Gasteiger partial charge in [-0.05, 0) is 19.9 Å². The molecule has 0 aliphatic heterocycles. The highest BCUT2D eigenvalue weighted by molar-refractivity contribution is 8.00. The molecular formula is C13H17N3OS2. The Balaban J connectivity index is 2.03. The van der Waals surface area contributed by atoms with Crippen molar-refractivity contribution in [2.45, 2.75) is 23.9 Å². The second kappa shape index (κ2) is 6.77. The zero-order valence-electron chi connectivity index (χ0n) is 11.3. The van der Waals surface area contributed by atoms with Crippen LogP contribution in [0.25, 0.3) is 0 Å². The summed E-state index contributed by atoms with van der Waals surface area (Å²) in [5.41, 5.74) is 2.43. The largest absolute Gasteiger partial charge is 0.496 e. The quantitative estimate of drug-likeness (QED) is 0.825. The third kappa shape index (κ3) is 3.84. The molecule has 0 radical (unpaired) electrons. The number of nitrogens with one attached hydrogen (secondary N) is 1. The minimum absolute atomic E-state index is 0.839. The van der Waals surface area contributed by atoms with Gasteiger partial charge in [-0.3, -0.25) is 0 Å². The number of aryl methyl sites for hydroxylation is 1. The Morgan fingerprint density at radius 2 is 2.21 bits per heavy atom. The fraction of sp³-hybridized carbons (Fsp3) is 0.385. The molecular weight excluding hydrogens is 278 g/mol. The highest BCUT2D eigenvalue weighted by Crippen LogP contribution is 2.31. The van der Waals surface area contributed by atoms with Crippen LogP contribution in [0.2, 0.25) is 0 Å². The van der Waals surface area contributed by atoms with Crippen LogP contribution in [0.15, 0.2) is 22.5 Å². The average molecular weight is 295 g/mol. The van der Waals surface area contributed by atoms with Crippen LogP contribution in [-0.2, 0) is 5.75 Å². The van der Waals surface area contributed by atoms with E-state index < -0.39 is 0 Å². The summed E-state index contributed by atoms with van der Waals surface area (Å²) < 4.78 is 6.35. The fourth-order valence-corrected chi connectivity index (χ4v) is 3.45. The smallest absolute Gasteiger partial charge is 0.206 e.